The van der Waals surface area contributed by atoms with Gasteiger partial charge in [0.2, 0.25) is 0 Å². The van der Waals surface area contributed by atoms with Gasteiger partial charge in [0.25, 0.3) is 0 Å². The molecule has 1 unspecified atom stereocenters. The first kappa shape index (κ1) is 16.5. The number of halogens is 1. The molecule has 1 N–H and O–H groups in total. The normalized spacial score (nSPS) is 12.4. The van der Waals surface area contributed by atoms with Crippen LogP contribution < -0.4 is 4.46 Å². The summed E-state index contributed by atoms with van der Waals surface area (Å²) >= 11 is 6.53. The number of aromatic nitrogens is 1. The van der Waals surface area contributed by atoms with E-state index in [1.54, 1.807) is 0 Å². The Kier molecular flexibility index (Phi) is 4.94. The van der Waals surface area contributed by atoms with E-state index in [0.29, 0.717) is 20.9 Å². The molecule has 0 radical (unpaired) electrons. The van der Waals surface area contributed by atoms with Crippen molar-refractivity contribution in [1.82, 2.24) is 4.98 Å². The average Bonchev–Trinajstić information content (AvgIpc) is 3.08. The van der Waals surface area contributed by atoms with Crippen molar-refractivity contribution in [2.24, 2.45) is 0 Å². The Morgan fingerprint density at radius 3 is 2.36 bits per heavy atom. The fourth-order valence-electron chi connectivity index (χ4n) is 3.14. The molecule has 124 valence electrons. The van der Waals surface area contributed by atoms with Crippen LogP contribution in [-0.4, -0.2) is 19.9 Å². The summed E-state index contributed by atoms with van der Waals surface area (Å²) in [5.41, 5.74) is 3.89. The van der Waals surface area contributed by atoms with E-state index < -0.39 is 0 Å². The number of aromatic amines is 1. The second-order valence-electron chi connectivity index (χ2n) is 6.02. The molecule has 3 aromatic carbocycles. The van der Waals surface area contributed by atoms with E-state index in [0.717, 1.165) is 10.3 Å². The van der Waals surface area contributed by atoms with Gasteiger partial charge in [-0.05, 0) is 0 Å². The van der Waals surface area contributed by atoms with Gasteiger partial charge in [-0.2, -0.15) is 0 Å². The van der Waals surface area contributed by atoms with Crippen molar-refractivity contribution in [3.05, 3.63) is 101 Å². The van der Waals surface area contributed by atoms with Crippen molar-refractivity contribution in [1.29, 1.82) is 0 Å². The fourth-order valence-corrected chi connectivity index (χ4v) is 5.53. The Bertz CT molecular complexity index is 960. The zero-order valence-electron chi connectivity index (χ0n) is 13.7. The molecule has 0 aliphatic rings. The van der Waals surface area contributed by atoms with Crippen LogP contribution in [0.2, 0.25) is 10.3 Å². The molecule has 0 bridgehead atoms. The SMILES string of the molecule is Clc1ccc(C(C[Se]c2ccccc2)c2c[nH]c3ccccc23)cc1. The second kappa shape index (κ2) is 7.49. The van der Waals surface area contributed by atoms with Crippen LogP contribution in [0.4, 0.5) is 0 Å². The molecule has 0 fully saturated rings. The first-order valence-corrected chi connectivity index (χ1v) is 10.7. The molecular formula is C22H18ClNSe. The van der Waals surface area contributed by atoms with E-state index in [-0.39, 0.29) is 0 Å². The number of H-pyrrole nitrogens is 1. The van der Waals surface area contributed by atoms with Gasteiger partial charge in [0.15, 0.2) is 0 Å². The Morgan fingerprint density at radius 2 is 1.56 bits per heavy atom. The van der Waals surface area contributed by atoms with Gasteiger partial charge in [-0.15, -0.1) is 0 Å². The van der Waals surface area contributed by atoms with E-state index in [4.69, 9.17) is 11.6 Å². The summed E-state index contributed by atoms with van der Waals surface area (Å²) in [7, 11) is 0. The van der Waals surface area contributed by atoms with E-state index >= 15 is 0 Å². The molecule has 1 aromatic heterocycles. The average molecular weight is 411 g/mol. The van der Waals surface area contributed by atoms with E-state index in [1.165, 1.54) is 26.5 Å². The predicted octanol–water partition coefficient (Wildman–Crippen LogP) is 5.40. The molecule has 4 rings (SSSR count). The van der Waals surface area contributed by atoms with E-state index in [9.17, 15) is 0 Å². The number of fused-ring (bicyclic) bond motifs is 1. The number of hydrogen-bond donors (Lipinski definition) is 1. The molecular weight excluding hydrogens is 393 g/mol. The van der Waals surface area contributed by atoms with Gasteiger partial charge in [-0.1, -0.05) is 0 Å². The number of benzene rings is 3. The summed E-state index contributed by atoms with van der Waals surface area (Å²) in [4.78, 5) is 3.43. The van der Waals surface area contributed by atoms with Crippen LogP contribution in [0, 0.1) is 0 Å². The summed E-state index contributed by atoms with van der Waals surface area (Å²) in [5, 5.41) is 3.22. The molecule has 1 atom stereocenters. The van der Waals surface area contributed by atoms with Crippen LogP contribution in [-0.2, 0) is 0 Å². The molecule has 0 saturated carbocycles. The van der Waals surface area contributed by atoms with Crippen LogP contribution in [0.1, 0.15) is 17.0 Å². The third-order valence-corrected chi connectivity index (χ3v) is 7.00. The summed E-state index contributed by atoms with van der Waals surface area (Å²) in [6.07, 6.45) is 2.17. The van der Waals surface area contributed by atoms with Crippen molar-refractivity contribution >= 4 is 41.9 Å². The quantitative estimate of drug-likeness (QED) is 0.424. The third kappa shape index (κ3) is 3.67. The third-order valence-electron chi connectivity index (χ3n) is 4.43. The van der Waals surface area contributed by atoms with Crippen LogP contribution in [0.15, 0.2) is 85.1 Å². The molecule has 1 heterocycles. The molecule has 4 aromatic rings. The van der Waals surface area contributed by atoms with Crippen molar-refractivity contribution in [2.75, 3.05) is 0 Å². The maximum absolute atomic E-state index is 6.11. The Morgan fingerprint density at radius 1 is 0.840 bits per heavy atom. The van der Waals surface area contributed by atoms with Crippen molar-refractivity contribution in [2.45, 2.75) is 11.2 Å². The monoisotopic (exact) mass is 411 g/mol. The standard InChI is InChI=1S/C22H18ClNSe/c23-17-12-10-16(11-13-17)21(15-25-18-6-2-1-3-7-18)20-14-24-22-9-5-4-8-19(20)22/h1-14,21,24H,15H2. The Labute approximate surface area is 159 Å². The minimum absolute atomic E-state index is 0.369. The summed E-state index contributed by atoms with van der Waals surface area (Å²) in [6, 6.07) is 27.6. The van der Waals surface area contributed by atoms with Gasteiger partial charge in [0.1, 0.15) is 0 Å². The topological polar surface area (TPSA) is 15.8 Å². The summed E-state index contributed by atoms with van der Waals surface area (Å²) in [6.45, 7) is 0. The first-order chi connectivity index (χ1) is 12.3. The first-order valence-electron chi connectivity index (χ1n) is 8.30. The van der Waals surface area contributed by atoms with Crippen molar-refractivity contribution in [3.63, 3.8) is 0 Å². The number of rotatable bonds is 5. The molecule has 3 heteroatoms. The van der Waals surface area contributed by atoms with Crippen LogP contribution in [0.25, 0.3) is 10.9 Å². The number of hydrogen-bond acceptors (Lipinski definition) is 0. The summed E-state index contributed by atoms with van der Waals surface area (Å²) < 4.78 is 1.44. The fraction of sp³-hybridized carbons (Fsp3) is 0.0909. The number of para-hydroxylation sites is 1. The van der Waals surface area contributed by atoms with Crippen molar-refractivity contribution < 1.29 is 0 Å². The van der Waals surface area contributed by atoms with Gasteiger partial charge in [0, 0.05) is 0 Å². The second-order valence-corrected chi connectivity index (χ2v) is 8.75. The molecule has 25 heavy (non-hydrogen) atoms. The number of nitrogens with one attached hydrogen (secondary N) is 1. The molecule has 0 spiro atoms. The van der Waals surface area contributed by atoms with Gasteiger partial charge in [0.05, 0.1) is 0 Å². The molecule has 0 aliphatic carbocycles. The maximum atomic E-state index is 6.11. The Hall–Kier alpha value is -1.99. The molecule has 0 amide bonds. The van der Waals surface area contributed by atoms with Crippen LogP contribution in [0.3, 0.4) is 0 Å². The van der Waals surface area contributed by atoms with Crippen LogP contribution in [0.5, 0.6) is 0 Å². The van der Waals surface area contributed by atoms with Crippen LogP contribution >= 0.6 is 11.6 Å². The summed E-state index contributed by atoms with van der Waals surface area (Å²) in [5.74, 6) is 0.369. The zero-order chi connectivity index (χ0) is 17.1. The van der Waals surface area contributed by atoms with E-state index in [2.05, 4.69) is 77.9 Å². The molecule has 1 nitrogen and oxygen atoms in total. The van der Waals surface area contributed by atoms with E-state index in [1.807, 2.05) is 12.1 Å². The van der Waals surface area contributed by atoms with Gasteiger partial charge in [-0.3, -0.25) is 0 Å². The van der Waals surface area contributed by atoms with Gasteiger partial charge < -0.3 is 0 Å². The molecule has 0 aliphatic heterocycles. The van der Waals surface area contributed by atoms with Gasteiger partial charge in [-0.25, -0.2) is 0 Å². The predicted molar refractivity (Wildman–Crippen MR) is 108 cm³/mol. The Balaban J connectivity index is 1.71. The molecule has 0 saturated heterocycles. The zero-order valence-corrected chi connectivity index (χ0v) is 16.1. The minimum atomic E-state index is 0.369. The van der Waals surface area contributed by atoms with Crippen molar-refractivity contribution in [3.8, 4) is 0 Å². The van der Waals surface area contributed by atoms with Gasteiger partial charge >= 0.3 is 159 Å².